The van der Waals surface area contributed by atoms with E-state index in [0.717, 1.165) is 51.5 Å². The summed E-state index contributed by atoms with van der Waals surface area (Å²) in [7, 11) is 3.26. The van der Waals surface area contributed by atoms with Crippen LogP contribution in [0.15, 0.2) is 47.4 Å². The molecule has 0 saturated heterocycles. The van der Waals surface area contributed by atoms with Gasteiger partial charge in [-0.1, -0.05) is 20.8 Å². The largest absolute Gasteiger partial charge is 0.494 e. The van der Waals surface area contributed by atoms with Gasteiger partial charge in [0, 0.05) is 40.2 Å². The normalized spacial score (nSPS) is 10.8. The van der Waals surface area contributed by atoms with E-state index < -0.39 is 0 Å². The Morgan fingerprint density at radius 2 is 1.67 bits per heavy atom. The highest BCUT2D eigenvalue weighted by Crippen LogP contribution is 2.35. The van der Waals surface area contributed by atoms with E-state index in [1.54, 1.807) is 14.2 Å². The van der Waals surface area contributed by atoms with E-state index in [1.807, 2.05) is 49.5 Å². The van der Waals surface area contributed by atoms with Gasteiger partial charge >= 0.3 is 0 Å². The molecule has 2 aromatic heterocycles. The van der Waals surface area contributed by atoms with Gasteiger partial charge in [-0.2, -0.15) is 0 Å². The van der Waals surface area contributed by atoms with Crippen LogP contribution in [0, 0.1) is 0 Å². The smallest absolute Gasteiger partial charge is 0.251 e. The second kappa shape index (κ2) is 10.4. The van der Waals surface area contributed by atoms with Crippen molar-refractivity contribution in [3.63, 3.8) is 0 Å². The Bertz CT molecular complexity index is 1330. The fourth-order valence-electron chi connectivity index (χ4n) is 4.08. The van der Waals surface area contributed by atoms with Crippen LogP contribution >= 0.6 is 0 Å². The molecule has 174 valence electrons. The van der Waals surface area contributed by atoms with Gasteiger partial charge in [0.1, 0.15) is 5.75 Å². The zero-order valence-electron chi connectivity index (χ0n) is 19.0. The summed E-state index contributed by atoms with van der Waals surface area (Å²) >= 11 is 0. The predicted octanol–water partition coefficient (Wildman–Crippen LogP) is 5.67. The highest BCUT2D eigenvalue weighted by molar-refractivity contribution is 5.91. The zero-order valence-corrected chi connectivity index (χ0v) is 19.0. The molecule has 0 aliphatic rings. The third-order valence-electron chi connectivity index (χ3n) is 5.63. The quantitative estimate of drug-likeness (QED) is 0.376. The summed E-state index contributed by atoms with van der Waals surface area (Å²) in [6.45, 7) is 4.67. The maximum Gasteiger partial charge on any atom is 0.251 e. The van der Waals surface area contributed by atoms with Crippen molar-refractivity contribution in [1.82, 2.24) is 9.97 Å². The number of hydrogen-bond donors (Lipinski definition) is 1. The zero-order chi connectivity index (χ0) is 22.7. The minimum atomic E-state index is -0.104. The second-order valence-electron chi connectivity index (χ2n) is 7.72. The molecule has 2 heterocycles. The van der Waals surface area contributed by atoms with Crippen LogP contribution in [0.4, 0.5) is 0 Å². The molecule has 33 heavy (non-hydrogen) atoms. The van der Waals surface area contributed by atoms with Crippen LogP contribution in [0.1, 0.15) is 44.5 Å². The standard InChI is InChI=1S/C26H28N2O4.CH4/c1-5-7-23-21-14-25(31-4)24(30-3)13-20(21)18(15-27-23)11-17-10-16-12-19(32-6-2)8-9-22(16)28-26(17)29;/h8-10,12-15H,5-7,11H2,1-4H3,(H,28,29);1H4. The lowest BCUT2D eigenvalue weighted by Crippen LogP contribution is -2.13. The molecule has 0 spiro atoms. The summed E-state index contributed by atoms with van der Waals surface area (Å²) in [6, 6.07) is 11.6. The monoisotopic (exact) mass is 448 g/mol. The van der Waals surface area contributed by atoms with Crippen molar-refractivity contribution < 1.29 is 14.2 Å². The first-order valence-electron chi connectivity index (χ1n) is 10.9. The average molecular weight is 449 g/mol. The Morgan fingerprint density at radius 1 is 0.939 bits per heavy atom. The molecule has 6 nitrogen and oxygen atoms in total. The van der Waals surface area contributed by atoms with Gasteiger partial charge in [0.2, 0.25) is 0 Å². The number of benzene rings is 2. The Kier molecular flexibility index (Phi) is 7.59. The summed E-state index contributed by atoms with van der Waals surface area (Å²) in [4.78, 5) is 20.5. The third kappa shape index (κ3) is 4.80. The lowest BCUT2D eigenvalue weighted by atomic mass is 9.97. The maximum absolute atomic E-state index is 12.8. The summed E-state index contributed by atoms with van der Waals surface area (Å²) in [6.07, 6.45) is 4.18. The van der Waals surface area contributed by atoms with Gasteiger partial charge in [-0.25, -0.2) is 0 Å². The number of methoxy groups -OCH3 is 2. The Labute approximate surface area is 194 Å². The molecule has 0 aliphatic heterocycles. The molecular weight excluding hydrogens is 416 g/mol. The van der Waals surface area contributed by atoms with Crippen LogP contribution in [0.2, 0.25) is 0 Å². The van der Waals surface area contributed by atoms with E-state index in [4.69, 9.17) is 19.2 Å². The van der Waals surface area contributed by atoms with Crippen molar-refractivity contribution in [2.45, 2.75) is 40.5 Å². The van der Waals surface area contributed by atoms with Crippen LogP contribution in [-0.2, 0) is 12.8 Å². The summed E-state index contributed by atoms with van der Waals surface area (Å²) in [5.74, 6) is 2.11. The fourth-order valence-corrected chi connectivity index (χ4v) is 4.08. The molecule has 0 fully saturated rings. The number of ether oxygens (including phenoxy) is 3. The number of aryl methyl sites for hydroxylation is 1. The number of aromatic nitrogens is 2. The molecule has 0 atom stereocenters. The minimum absolute atomic E-state index is 0. The van der Waals surface area contributed by atoms with Gasteiger partial charge in [-0.05, 0) is 60.7 Å². The van der Waals surface area contributed by atoms with Crippen molar-refractivity contribution in [1.29, 1.82) is 0 Å². The summed E-state index contributed by atoms with van der Waals surface area (Å²) < 4.78 is 16.7. The first-order valence-corrected chi connectivity index (χ1v) is 10.9. The lowest BCUT2D eigenvalue weighted by molar-refractivity contribution is 0.340. The molecule has 6 heteroatoms. The number of aromatic amines is 1. The number of pyridine rings is 2. The van der Waals surface area contributed by atoms with Crippen molar-refractivity contribution >= 4 is 21.7 Å². The van der Waals surface area contributed by atoms with E-state index in [1.165, 1.54) is 0 Å². The number of rotatable bonds is 8. The minimum Gasteiger partial charge on any atom is -0.494 e. The number of fused-ring (bicyclic) bond motifs is 2. The van der Waals surface area contributed by atoms with Crippen LogP contribution in [0.25, 0.3) is 21.7 Å². The van der Waals surface area contributed by atoms with Crippen molar-refractivity contribution in [3.05, 3.63) is 69.8 Å². The van der Waals surface area contributed by atoms with Gasteiger partial charge in [-0.15, -0.1) is 0 Å². The van der Waals surface area contributed by atoms with Crippen molar-refractivity contribution in [2.75, 3.05) is 20.8 Å². The first-order chi connectivity index (χ1) is 15.6. The highest BCUT2D eigenvalue weighted by atomic mass is 16.5. The van der Waals surface area contributed by atoms with E-state index in [0.29, 0.717) is 30.1 Å². The Morgan fingerprint density at radius 3 is 2.33 bits per heavy atom. The van der Waals surface area contributed by atoms with Gasteiger partial charge in [-0.3, -0.25) is 9.78 Å². The maximum atomic E-state index is 12.8. The van der Waals surface area contributed by atoms with Gasteiger partial charge in [0.05, 0.1) is 20.8 Å². The molecule has 1 N–H and O–H groups in total. The Hall–Kier alpha value is -3.54. The average Bonchev–Trinajstić information content (AvgIpc) is 2.80. The van der Waals surface area contributed by atoms with Gasteiger partial charge in [0.25, 0.3) is 5.56 Å². The van der Waals surface area contributed by atoms with E-state index in [-0.39, 0.29) is 13.0 Å². The topological polar surface area (TPSA) is 73.4 Å². The molecule has 0 saturated carbocycles. The van der Waals surface area contributed by atoms with Crippen LogP contribution < -0.4 is 19.8 Å². The first kappa shape index (κ1) is 24.1. The van der Waals surface area contributed by atoms with E-state index >= 15 is 0 Å². The molecule has 2 aromatic carbocycles. The molecule has 0 amide bonds. The van der Waals surface area contributed by atoms with Crippen LogP contribution in [0.5, 0.6) is 17.2 Å². The number of hydrogen-bond acceptors (Lipinski definition) is 5. The number of H-pyrrole nitrogens is 1. The molecular formula is C27H32N2O4. The molecule has 0 bridgehead atoms. The fraction of sp³-hybridized carbons (Fsp3) is 0.333. The second-order valence-corrected chi connectivity index (χ2v) is 7.72. The van der Waals surface area contributed by atoms with E-state index in [9.17, 15) is 4.79 Å². The number of nitrogens with zero attached hydrogens (tertiary/aromatic N) is 1. The molecule has 4 aromatic rings. The van der Waals surface area contributed by atoms with Gasteiger partial charge < -0.3 is 19.2 Å². The molecule has 4 rings (SSSR count). The molecule has 0 radical (unpaired) electrons. The predicted molar refractivity (Wildman–Crippen MR) is 134 cm³/mol. The summed E-state index contributed by atoms with van der Waals surface area (Å²) in [5.41, 5.74) is 3.34. The van der Waals surface area contributed by atoms with Gasteiger partial charge in [0.15, 0.2) is 11.5 Å². The van der Waals surface area contributed by atoms with Crippen molar-refractivity contribution in [3.8, 4) is 17.2 Å². The SMILES string of the molecule is C.CCCc1ncc(Cc2cc3cc(OCC)ccc3[nH]c2=O)c2cc(OC)c(OC)cc12. The lowest BCUT2D eigenvalue weighted by Gasteiger charge is -2.14. The molecule has 0 unspecified atom stereocenters. The van der Waals surface area contributed by atoms with Crippen LogP contribution in [-0.4, -0.2) is 30.8 Å². The number of nitrogens with one attached hydrogen (secondary N) is 1. The summed E-state index contributed by atoms with van der Waals surface area (Å²) in [5, 5.41) is 2.98. The van der Waals surface area contributed by atoms with Crippen LogP contribution in [0.3, 0.4) is 0 Å². The van der Waals surface area contributed by atoms with E-state index in [2.05, 4.69) is 11.9 Å². The molecule has 0 aliphatic carbocycles. The van der Waals surface area contributed by atoms with Crippen molar-refractivity contribution in [2.24, 2.45) is 0 Å². The third-order valence-corrected chi connectivity index (χ3v) is 5.63. The highest BCUT2D eigenvalue weighted by Gasteiger charge is 2.15. The Balaban J connectivity index is 0.00000306.